The van der Waals surface area contributed by atoms with E-state index in [1.54, 1.807) is 0 Å². The summed E-state index contributed by atoms with van der Waals surface area (Å²) in [7, 11) is 0. The van der Waals surface area contributed by atoms with Crippen LogP contribution in [0.25, 0.3) is 22.6 Å². The van der Waals surface area contributed by atoms with Crippen molar-refractivity contribution in [1.29, 1.82) is 0 Å². The van der Waals surface area contributed by atoms with E-state index in [-0.39, 0.29) is 0 Å². The maximum absolute atomic E-state index is 4.40. The zero-order valence-corrected chi connectivity index (χ0v) is 8.83. The average molecular weight is 195 g/mol. The van der Waals surface area contributed by atoms with Crippen molar-refractivity contribution in [1.82, 2.24) is 4.98 Å². The van der Waals surface area contributed by atoms with Gasteiger partial charge in [0, 0.05) is 17.1 Å². The molecule has 2 rings (SSSR count). The van der Waals surface area contributed by atoms with Crippen LogP contribution in [0.1, 0.15) is 18.1 Å². The fourth-order valence-corrected chi connectivity index (χ4v) is 1.78. The van der Waals surface area contributed by atoms with Crippen molar-refractivity contribution >= 4 is 22.6 Å². The van der Waals surface area contributed by atoms with Crippen molar-refractivity contribution in [2.24, 2.45) is 0 Å². The Kier molecular flexibility index (Phi) is 2.38. The number of aromatic nitrogens is 1. The van der Waals surface area contributed by atoms with E-state index in [0.29, 0.717) is 0 Å². The van der Waals surface area contributed by atoms with Gasteiger partial charge in [0.15, 0.2) is 0 Å². The van der Waals surface area contributed by atoms with Crippen molar-refractivity contribution in [2.45, 2.75) is 6.92 Å². The Balaban J connectivity index is 2.90. The average Bonchev–Trinajstić information content (AvgIpc) is 2.27. The van der Waals surface area contributed by atoms with E-state index >= 15 is 0 Å². The molecule has 0 atom stereocenters. The van der Waals surface area contributed by atoms with Gasteiger partial charge in [0.1, 0.15) is 0 Å². The highest BCUT2D eigenvalue weighted by Gasteiger charge is 2.06. The van der Waals surface area contributed by atoms with Crippen molar-refractivity contribution in [3.8, 4) is 0 Å². The highest BCUT2D eigenvalue weighted by atomic mass is 14.6. The summed E-state index contributed by atoms with van der Waals surface area (Å²) in [5, 5.41) is 1.14. The summed E-state index contributed by atoms with van der Waals surface area (Å²) in [6.45, 7) is 9.80. The fourth-order valence-electron chi connectivity index (χ4n) is 1.78. The molecule has 0 saturated heterocycles. The molecule has 74 valence electrons. The number of hydrogen-bond acceptors (Lipinski definition) is 1. The standard InChI is InChI=1S/C14H13N/c1-4-11-7-8-12-6-5-9-15-14(12)13(11)10(2)3/h4-9H,1-2H2,3H3. The maximum Gasteiger partial charge on any atom is 0.0782 e. The van der Waals surface area contributed by atoms with E-state index in [1.165, 1.54) is 0 Å². The minimum atomic E-state index is 1.00. The smallest absolute Gasteiger partial charge is 0.0782 e. The zero-order valence-electron chi connectivity index (χ0n) is 8.83. The van der Waals surface area contributed by atoms with Crippen LogP contribution in [0.4, 0.5) is 0 Å². The Hall–Kier alpha value is -1.89. The monoisotopic (exact) mass is 195 g/mol. The van der Waals surface area contributed by atoms with Crippen LogP contribution < -0.4 is 0 Å². The molecule has 1 nitrogen and oxygen atoms in total. The van der Waals surface area contributed by atoms with Crippen LogP contribution in [-0.4, -0.2) is 4.98 Å². The van der Waals surface area contributed by atoms with Gasteiger partial charge < -0.3 is 0 Å². The molecule has 0 spiro atoms. The molecule has 0 saturated carbocycles. The summed E-state index contributed by atoms with van der Waals surface area (Å²) in [5.41, 5.74) is 4.22. The first-order chi connectivity index (χ1) is 7.24. The lowest BCUT2D eigenvalue weighted by molar-refractivity contribution is 1.39. The van der Waals surface area contributed by atoms with Crippen molar-refractivity contribution in [3.63, 3.8) is 0 Å². The van der Waals surface area contributed by atoms with E-state index < -0.39 is 0 Å². The molecular weight excluding hydrogens is 182 g/mol. The summed E-state index contributed by atoms with van der Waals surface area (Å²) in [6, 6.07) is 8.12. The van der Waals surface area contributed by atoms with E-state index in [2.05, 4.69) is 36.3 Å². The zero-order chi connectivity index (χ0) is 10.8. The molecule has 0 aliphatic heterocycles. The van der Waals surface area contributed by atoms with Crippen molar-refractivity contribution < 1.29 is 0 Å². The predicted octanol–water partition coefficient (Wildman–Crippen LogP) is 3.91. The van der Waals surface area contributed by atoms with Gasteiger partial charge in [0.05, 0.1) is 5.52 Å². The minimum absolute atomic E-state index is 1.00. The number of pyridine rings is 1. The van der Waals surface area contributed by atoms with Crippen LogP contribution in [0.5, 0.6) is 0 Å². The Morgan fingerprint density at radius 3 is 2.80 bits per heavy atom. The van der Waals surface area contributed by atoms with Gasteiger partial charge in [-0.1, -0.05) is 37.4 Å². The first kappa shape index (κ1) is 9.66. The van der Waals surface area contributed by atoms with Crippen LogP contribution in [-0.2, 0) is 0 Å². The number of fused-ring (bicyclic) bond motifs is 1. The first-order valence-electron chi connectivity index (χ1n) is 4.90. The minimum Gasteiger partial charge on any atom is -0.256 e. The van der Waals surface area contributed by atoms with E-state index in [1.807, 2.05) is 25.3 Å². The van der Waals surface area contributed by atoms with Gasteiger partial charge >= 0.3 is 0 Å². The molecule has 0 bridgehead atoms. The Morgan fingerprint density at radius 1 is 1.33 bits per heavy atom. The Labute approximate surface area is 89.8 Å². The lowest BCUT2D eigenvalue weighted by atomic mass is 9.98. The SMILES string of the molecule is C=Cc1ccc2cccnc2c1C(=C)C. The highest BCUT2D eigenvalue weighted by Crippen LogP contribution is 2.26. The summed E-state index contributed by atoms with van der Waals surface area (Å²) in [5.74, 6) is 0. The van der Waals surface area contributed by atoms with Gasteiger partial charge in [0.25, 0.3) is 0 Å². The molecule has 1 aromatic carbocycles. The predicted molar refractivity (Wildman–Crippen MR) is 66.5 cm³/mol. The van der Waals surface area contributed by atoms with Gasteiger partial charge in [-0.2, -0.15) is 0 Å². The summed E-state index contributed by atoms with van der Waals surface area (Å²) in [6.07, 6.45) is 3.65. The molecule has 1 heteroatoms. The highest BCUT2D eigenvalue weighted by molar-refractivity contribution is 5.93. The largest absolute Gasteiger partial charge is 0.256 e. The number of rotatable bonds is 2. The second kappa shape index (κ2) is 3.70. The normalized spacial score (nSPS) is 10.2. The van der Waals surface area contributed by atoms with Gasteiger partial charge in [0.2, 0.25) is 0 Å². The third kappa shape index (κ3) is 1.57. The maximum atomic E-state index is 4.40. The second-order valence-electron chi connectivity index (χ2n) is 3.59. The van der Waals surface area contributed by atoms with E-state index in [9.17, 15) is 0 Å². The molecule has 1 aromatic heterocycles. The van der Waals surface area contributed by atoms with E-state index in [0.717, 1.165) is 27.6 Å². The van der Waals surface area contributed by atoms with E-state index in [4.69, 9.17) is 0 Å². The molecule has 1 heterocycles. The first-order valence-corrected chi connectivity index (χ1v) is 4.90. The lowest BCUT2D eigenvalue weighted by Crippen LogP contribution is -1.89. The number of hydrogen-bond donors (Lipinski definition) is 0. The second-order valence-corrected chi connectivity index (χ2v) is 3.59. The number of allylic oxidation sites excluding steroid dienone is 1. The van der Waals surface area contributed by atoms with Crippen molar-refractivity contribution in [2.75, 3.05) is 0 Å². The Bertz CT molecular complexity index is 538. The molecule has 2 aromatic rings. The van der Waals surface area contributed by atoms with Gasteiger partial charge in [-0.25, -0.2) is 0 Å². The van der Waals surface area contributed by atoms with Crippen LogP contribution in [0.15, 0.2) is 43.6 Å². The molecule has 0 unspecified atom stereocenters. The van der Waals surface area contributed by atoms with Gasteiger partial charge in [-0.05, 0) is 24.1 Å². The van der Waals surface area contributed by atoms with Crippen molar-refractivity contribution in [3.05, 3.63) is 54.7 Å². The number of benzene rings is 1. The molecule has 0 aliphatic rings. The molecule has 15 heavy (non-hydrogen) atoms. The summed E-state index contributed by atoms with van der Waals surface area (Å²) < 4.78 is 0. The quantitative estimate of drug-likeness (QED) is 0.708. The third-order valence-corrected chi connectivity index (χ3v) is 2.45. The molecule has 0 amide bonds. The fraction of sp³-hybridized carbons (Fsp3) is 0.0714. The Morgan fingerprint density at radius 2 is 2.13 bits per heavy atom. The molecule has 0 N–H and O–H groups in total. The van der Waals surface area contributed by atoms with Crippen LogP contribution >= 0.6 is 0 Å². The number of nitrogens with zero attached hydrogens (tertiary/aromatic N) is 1. The third-order valence-electron chi connectivity index (χ3n) is 2.45. The molecular formula is C14H13N. The van der Waals surface area contributed by atoms with Crippen LogP contribution in [0.3, 0.4) is 0 Å². The topological polar surface area (TPSA) is 12.9 Å². The van der Waals surface area contributed by atoms with Gasteiger partial charge in [-0.3, -0.25) is 4.98 Å². The summed E-state index contributed by atoms with van der Waals surface area (Å²) >= 11 is 0. The molecule has 0 fully saturated rings. The van der Waals surface area contributed by atoms with Crippen LogP contribution in [0.2, 0.25) is 0 Å². The summed E-state index contributed by atoms with van der Waals surface area (Å²) in [4.78, 5) is 4.40. The molecule has 0 radical (unpaired) electrons. The molecule has 0 aliphatic carbocycles. The van der Waals surface area contributed by atoms with Crippen LogP contribution in [0, 0.1) is 0 Å². The van der Waals surface area contributed by atoms with Gasteiger partial charge in [-0.15, -0.1) is 0 Å². The lowest BCUT2D eigenvalue weighted by Gasteiger charge is -2.08.